The van der Waals surface area contributed by atoms with Crippen LogP contribution in [0.1, 0.15) is 63.5 Å². The molecule has 0 aliphatic carbocycles. The van der Waals surface area contributed by atoms with Crippen LogP contribution in [-0.2, 0) is 61.5 Å². The summed E-state index contributed by atoms with van der Waals surface area (Å²) in [6.45, 7) is 24.4. The van der Waals surface area contributed by atoms with Gasteiger partial charge in [-0.15, -0.1) is 19.6 Å². The molecule has 0 amide bonds. The van der Waals surface area contributed by atoms with E-state index in [2.05, 4.69) is 55.2 Å². The second-order valence-corrected chi connectivity index (χ2v) is 14.0. The Morgan fingerprint density at radius 2 is 1.04 bits per heavy atom. The molecule has 7 rings (SSSR count). The Morgan fingerprint density at radius 1 is 0.608 bits per heavy atom. The third-order valence-corrected chi connectivity index (χ3v) is 9.80. The van der Waals surface area contributed by atoms with E-state index in [1.807, 2.05) is 0 Å². The molecule has 2 N–H and O–H groups in total. The van der Waals surface area contributed by atoms with Crippen molar-refractivity contribution in [2.75, 3.05) is 118 Å². The van der Waals surface area contributed by atoms with E-state index < -0.39 is 11.9 Å². The van der Waals surface area contributed by atoms with Gasteiger partial charge >= 0.3 is 0 Å². The van der Waals surface area contributed by atoms with Crippen molar-refractivity contribution in [1.82, 2.24) is 24.5 Å². The molecular formula is C38H66N7O4Zn2-3. The van der Waals surface area contributed by atoms with Gasteiger partial charge in [-0.2, -0.15) is 18.9 Å². The van der Waals surface area contributed by atoms with Crippen molar-refractivity contribution in [3.8, 4) is 0 Å². The fourth-order valence-electron chi connectivity index (χ4n) is 7.13. The van der Waals surface area contributed by atoms with E-state index in [9.17, 15) is 0 Å². The number of hydrogen-bond acceptors (Lipinski definition) is 7. The van der Waals surface area contributed by atoms with Gasteiger partial charge in [0.05, 0.1) is 0 Å². The molecule has 1 atom stereocenters. The van der Waals surface area contributed by atoms with E-state index in [1.54, 1.807) is 0 Å². The molecule has 6 aliphatic heterocycles. The van der Waals surface area contributed by atoms with Crippen molar-refractivity contribution in [3.05, 3.63) is 52.4 Å². The van der Waals surface area contributed by atoms with Gasteiger partial charge in [-0.25, -0.2) is 0 Å². The summed E-state index contributed by atoms with van der Waals surface area (Å²) in [6.07, 6.45) is 11.2. The van der Waals surface area contributed by atoms with Gasteiger partial charge in [0.1, 0.15) is 0 Å². The minimum Gasteiger partial charge on any atom is -0.664 e. The minimum atomic E-state index is -0.833. The molecule has 6 aliphatic rings. The summed E-state index contributed by atoms with van der Waals surface area (Å²) in [5.74, 6) is -1.01. The van der Waals surface area contributed by atoms with Crippen LogP contribution in [0.5, 0.6) is 0 Å². The van der Waals surface area contributed by atoms with Crippen molar-refractivity contribution in [2.45, 2.75) is 65.3 Å². The number of rotatable bonds is 4. The average Bonchev–Trinajstić information content (AvgIpc) is 3.08. The van der Waals surface area contributed by atoms with Gasteiger partial charge in [0.2, 0.25) is 0 Å². The van der Waals surface area contributed by atoms with Gasteiger partial charge in [0.15, 0.2) is 0 Å². The first-order valence-electron chi connectivity index (χ1n) is 19.0. The van der Waals surface area contributed by atoms with Gasteiger partial charge in [-0.3, -0.25) is 9.59 Å². The summed E-state index contributed by atoms with van der Waals surface area (Å²) in [5.41, 5.74) is 2.95. The van der Waals surface area contributed by atoms with Gasteiger partial charge < -0.3 is 51.8 Å². The number of carbonyl (C=O) groups is 2. The van der Waals surface area contributed by atoms with Gasteiger partial charge in [0, 0.05) is 112 Å². The molecule has 51 heavy (non-hydrogen) atoms. The standard InChI is InChI=1S/C34H58N7.2C2H4O2.2Zn/c1-6-32(7-2-16-37-22-24-38(25-23-37)17-3-13-35-12-1)30-33-8-10-34(11-9-33)31-41-20-5-19-40-28-26-39(27-29-40)18-4-14-36-15-21-41;2*1-2(3)4;;/h6,8-11,32H,1-5,7,12-31H2;2*1H3,(H,3,4);;/q-3;;;;. The quantitative estimate of drug-likeness (QED) is 0.338. The molecule has 0 saturated carbocycles. The molecule has 1 aromatic rings. The number of nitrogens with zero attached hydrogens (tertiary/aromatic N) is 7. The van der Waals surface area contributed by atoms with E-state index in [1.165, 1.54) is 135 Å². The summed E-state index contributed by atoms with van der Waals surface area (Å²) in [6, 6.07) is 9.63. The Bertz CT molecular complexity index is 1000. The second-order valence-electron chi connectivity index (χ2n) is 14.0. The first kappa shape index (κ1) is 48.1. The van der Waals surface area contributed by atoms with Crippen LogP contribution in [0.15, 0.2) is 24.3 Å². The molecule has 6 saturated heterocycles. The van der Waals surface area contributed by atoms with Gasteiger partial charge in [-0.05, 0) is 57.7 Å². The van der Waals surface area contributed by atoms with Crippen LogP contribution in [0.4, 0.5) is 0 Å². The number of hydrogen-bond donors (Lipinski definition) is 2. The Morgan fingerprint density at radius 3 is 1.55 bits per heavy atom. The number of piperazine rings is 2. The molecule has 0 aromatic heterocycles. The van der Waals surface area contributed by atoms with Crippen molar-refractivity contribution < 1.29 is 58.8 Å². The summed E-state index contributed by atoms with van der Waals surface area (Å²) in [7, 11) is 0. The van der Waals surface area contributed by atoms with Crippen LogP contribution in [0, 0.1) is 12.3 Å². The first-order valence-corrected chi connectivity index (χ1v) is 19.0. The zero-order valence-corrected chi connectivity index (χ0v) is 38.0. The third kappa shape index (κ3) is 23.5. The van der Waals surface area contributed by atoms with E-state index >= 15 is 0 Å². The number of carboxylic acids is 2. The molecule has 4 bridgehead atoms. The van der Waals surface area contributed by atoms with Crippen LogP contribution < -0.4 is 0 Å². The van der Waals surface area contributed by atoms with Crippen molar-refractivity contribution in [2.24, 2.45) is 5.92 Å². The Labute approximate surface area is 335 Å². The zero-order chi connectivity index (χ0) is 35.1. The SMILES string of the molecule is CC(=O)O.CC(=O)O.[Zn].[Zn].c1cc(CN2CCCN3CCN(CCC[N-]CC2)CC3)ccc1CC1[CH-]CC[N-]CCCN2CCN(CCC1)CC2. The molecular weight excluding hydrogens is 749 g/mol. The van der Waals surface area contributed by atoms with Crippen molar-refractivity contribution >= 4 is 11.9 Å². The number of carboxylic acid groups (broad SMARTS) is 2. The van der Waals surface area contributed by atoms with E-state index in [4.69, 9.17) is 30.4 Å². The molecule has 6 heterocycles. The summed E-state index contributed by atoms with van der Waals surface area (Å²) >= 11 is 0. The van der Waals surface area contributed by atoms with Gasteiger partial charge in [-0.1, -0.05) is 55.5 Å². The van der Waals surface area contributed by atoms with E-state index in [0.717, 1.165) is 59.5 Å². The van der Waals surface area contributed by atoms with Crippen molar-refractivity contribution in [1.29, 1.82) is 0 Å². The fourth-order valence-corrected chi connectivity index (χ4v) is 7.13. The monoisotopic (exact) mass is 812 g/mol. The normalized spacial score (nSPS) is 27.1. The van der Waals surface area contributed by atoms with Gasteiger partial charge in [0.25, 0.3) is 11.9 Å². The molecule has 6 fully saturated rings. The number of aliphatic carboxylic acids is 2. The van der Waals surface area contributed by atoms with Crippen LogP contribution >= 0.6 is 0 Å². The summed E-state index contributed by atoms with van der Waals surface area (Å²) in [5, 5.41) is 24.6. The summed E-state index contributed by atoms with van der Waals surface area (Å²) in [4.78, 5) is 31.3. The molecule has 11 nitrogen and oxygen atoms in total. The van der Waals surface area contributed by atoms with Crippen LogP contribution in [0.2, 0.25) is 0 Å². The molecule has 284 valence electrons. The van der Waals surface area contributed by atoms with Crippen molar-refractivity contribution in [3.63, 3.8) is 0 Å². The molecule has 0 spiro atoms. The molecule has 1 aromatic carbocycles. The zero-order valence-electron chi connectivity index (χ0n) is 32.1. The maximum atomic E-state index is 9.00. The Kier molecular flexibility index (Phi) is 27.8. The maximum absolute atomic E-state index is 9.00. The Hall–Kier alpha value is -0.873. The topological polar surface area (TPSA) is 119 Å². The second kappa shape index (κ2) is 29.5. The predicted octanol–water partition coefficient (Wildman–Crippen LogP) is 4.38. The largest absolute Gasteiger partial charge is 0.664 e. The van der Waals surface area contributed by atoms with Crippen LogP contribution in [-0.4, -0.2) is 164 Å². The summed E-state index contributed by atoms with van der Waals surface area (Å²) < 4.78 is 0. The molecule has 13 heteroatoms. The smallest absolute Gasteiger partial charge is 0.300 e. The number of fused-ring (bicyclic) bond motifs is 23. The van der Waals surface area contributed by atoms with Crippen LogP contribution in [0.25, 0.3) is 10.6 Å². The van der Waals surface area contributed by atoms with E-state index in [-0.39, 0.29) is 39.0 Å². The molecule has 0 radical (unpaired) electrons. The van der Waals surface area contributed by atoms with Crippen LogP contribution in [0.3, 0.4) is 0 Å². The fraction of sp³-hybridized carbons (Fsp3) is 0.763. The Balaban J connectivity index is 0.00000118. The first-order chi connectivity index (χ1) is 23.8. The maximum Gasteiger partial charge on any atom is 0.300 e. The third-order valence-electron chi connectivity index (χ3n) is 9.80. The number of benzene rings is 1. The average molecular weight is 816 g/mol. The predicted molar refractivity (Wildman–Crippen MR) is 199 cm³/mol. The molecule has 1 unspecified atom stereocenters. The van der Waals surface area contributed by atoms with E-state index in [0.29, 0.717) is 5.92 Å². The minimum absolute atomic E-state index is 0.